The highest BCUT2D eigenvalue weighted by atomic mass is 127. The molecule has 0 amide bonds. The molecule has 0 saturated carbocycles. The molecule has 1 N–H and O–H groups in total. The fourth-order valence-electron chi connectivity index (χ4n) is 2.02. The van der Waals surface area contributed by atoms with Gasteiger partial charge in [-0.2, -0.15) is 0 Å². The zero-order valence-electron chi connectivity index (χ0n) is 17.6. The standard InChI is InChI=1S/C20H28F2INO4Si/c1-7-27-19(26)14(12-24-8-9-28-29(5,6)20(2,3)4)18(25)13-10-17(23)16(22)11-15(13)21/h10-12,24H,7-9H2,1-6H3. The van der Waals surface area contributed by atoms with Gasteiger partial charge < -0.3 is 14.5 Å². The van der Waals surface area contributed by atoms with Crippen molar-refractivity contribution in [2.45, 2.75) is 45.8 Å². The van der Waals surface area contributed by atoms with Gasteiger partial charge in [0.1, 0.15) is 17.2 Å². The molecule has 0 atom stereocenters. The zero-order chi connectivity index (χ0) is 22.4. The average Bonchev–Trinajstić information content (AvgIpc) is 2.59. The molecule has 1 aromatic rings. The molecule has 1 rings (SSSR count). The second kappa shape index (κ2) is 10.6. The molecule has 162 valence electrons. The molecule has 0 unspecified atom stereocenters. The van der Waals surface area contributed by atoms with Gasteiger partial charge in [0.05, 0.1) is 18.8 Å². The van der Waals surface area contributed by atoms with Gasteiger partial charge in [-0.15, -0.1) is 0 Å². The molecule has 9 heteroatoms. The Morgan fingerprint density at radius 2 is 1.83 bits per heavy atom. The molecule has 0 aliphatic carbocycles. The lowest BCUT2D eigenvalue weighted by Crippen LogP contribution is -2.42. The number of carbonyl (C=O) groups excluding carboxylic acids is 2. The summed E-state index contributed by atoms with van der Waals surface area (Å²) in [5.41, 5.74) is -0.755. The highest BCUT2D eigenvalue weighted by molar-refractivity contribution is 14.1. The Bertz CT molecular complexity index is 791. The molecular formula is C20H28F2INO4Si. The van der Waals surface area contributed by atoms with Crippen LogP contribution in [0.1, 0.15) is 38.1 Å². The quantitative estimate of drug-likeness (QED) is 0.0562. The van der Waals surface area contributed by atoms with Crippen molar-refractivity contribution in [1.29, 1.82) is 0 Å². The molecule has 0 aliphatic heterocycles. The lowest BCUT2D eigenvalue weighted by atomic mass is 10.0. The number of esters is 1. The van der Waals surface area contributed by atoms with Gasteiger partial charge in [0.2, 0.25) is 5.78 Å². The lowest BCUT2D eigenvalue weighted by Gasteiger charge is -2.36. The summed E-state index contributed by atoms with van der Waals surface area (Å²) in [7, 11) is -1.92. The molecule has 0 aliphatic rings. The van der Waals surface area contributed by atoms with Crippen molar-refractivity contribution < 1.29 is 27.5 Å². The summed E-state index contributed by atoms with van der Waals surface area (Å²) in [6.45, 7) is 13.0. The Balaban J connectivity index is 2.95. The van der Waals surface area contributed by atoms with E-state index in [1.54, 1.807) is 29.5 Å². The molecule has 0 saturated heterocycles. The number of hydrogen-bond acceptors (Lipinski definition) is 5. The highest BCUT2D eigenvalue weighted by Gasteiger charge is 2.36. The van der Waals surface area contributed by atoms with Gasteiger partial charge in [0.25, 0.3) is 0 Å². The summed E-state index contributed by atoms with van der Waals surface area (Å²) in [6, 6.07) is 1.69. The number of benzene rings is 1. The van der Waals surface area contributed by atoms with Crippen LogP contribution in [-0.2, 0) is 14.0 Å². The number of ether oxygens (including phenoxy) is 1. The van der Waals surface area contributed by atoms with Crippen LogP contribution in [0.15, 0.2) is 23.9 Å². The minimum atomic E-state index is -1.92. The summed E-state index contributed by atoms with van der Waals surface area (Å²) >= 11 is 1.65. The number of ketones is 1. The van der Waals surface area contributed by atoms with Crippen LogP contribution in [-0.4, -0.2) is 39.8 Å². The van der Waals surface area contributed by atoms with Crippen molar-refractivity contribution in [3.63, 3.8) is 0 Å². The Labute approximate surface area is 185 Å². The molecule has 0 spiro atoms. The van der Waals surface area contributed by atoms with Crippen molar-refractivity contribution in [2.75, 3.05) is 19.8 Å². The van der Waals surface area contributed by atoms with Crippen LogP contribution in [0.2, 0.25) is 18.1 Å². The zero-order valence-corrected chi connectivity index (χ0v) is 20.8. The Morgan fingerprint density at radius 1 is 1.21 bits per heavy atom. The number of nitrogens with one attached hydrogen (secondary N) is 1. The first kappa shape index (κ1) is 25.7. The van der Waals surface area contributed by atoms with Crippen LogP contribution in [0.3, 0.4) is 0 Å². The Hall–Kier alpha value is -1.33. The largest absolute Gasteiger partial charge is 0.462 e. The maximum Gasteiger partial charge on any atom is 0.343 e. The van der Waals surface area contributed by atoms with Gasteiger partial charge in [0.15, 0.2) is 8.32 Å². The first-order chi connectivity index (χ1) is 13.3. The summed E-state index contributed by atoms with van der Waals surface area (Å²) in [6.07, 6.45) is 1.20. The van der Waals surface area contributed by atoms with Crippen LogP contribution >= 0.6 is 22.6 Å². The van der Waals surface area contributed by atoms with Gasteiger partial charge >= 0.3 is 5.97 Å². The summed E-state index contributed by atoms with van der Waals surface area (Å²) in [4.78, 5) is 24.9. The van der Waals surface area contributed by atoms with E-state index in [1.165, 1.54) is 6.20 Å². The number of halogens is 3. The van der Waals surface area contributed by atoms with E-state index in [9.17, 15) is 18.4 Å². The van der Waals surface area contributed by atoms with Crippen molar-refractivity contribution in [3.8, 4) is 0 Å². The van der Waals surface area contributed by atoms with E-state index in [4.69, 9.17) is 9.16 Å². The third-order valence-electron chi connectivity index (χ3n) is 4.76. The third-order valence-corrected chi connectivity index (χ3v) is 10.1. The van der Waals surface area contributed by atoms with Crippen LogP contribution < -0.4 is 5.32 Å². The van der Waals surface area contributed by atoms with Gasteiger partial charge in [0, 0.05) is 22.4 Å². The van der Waals surface area contributed by atoms with Crippen molar-refractivity contribution in [3.05, 3.63) is 44.7 Å². The third kappa shape index (κ3) is 7.14. The smallest absolute Gasteiger partial charge is 0.343 e. The second-order valence-corrected chi connectivity index (χ2v) is 13.9. The summed E-state index contributed by atoms with van der Waals surface area (Å²) < 4.78 is 38.6. The Morgan fingerprint density at radius 3 is 2.38 bits per heavy atom. The number of Topliss-reactive ketones (excluding diaryl/α,β-unsaturated/α-hetero) is 1. The number of carbonyl (C=O) groups is 2. The van der Waals surface area contributed by atoms with Crippen molar-refractivity contribution in [2.24, 2.45) is 0 Å². The topological polar surface area (TPSA) is 64.6 Å². The summed E-state index contributed by atoms with van der Waals surface area (Å²) in [5, 5.41) is 2.92. The van der Waals surface area contributed by atoms with Gasteiger partial charge in [-0.05, 0) is 53.7 Å². The van der Waals surface area contributed by atoms with E-state index in [1.807, 2.05) is 0 Å². The molecule has 0 fully saturated rings. The molecule has 5 nitrogen and oxygen atoms in total. The van der Waals surface area contributed by atoms with E-state index in [2.05, 4.69) is 39.2 Å². The normalized spacial score (nSPS) is 12.7. The average molecular weight is 539 g/mol. The maximum absolute atomic E-state index is 14.1. The Kier molecular flexibility index (Phi) is 9.42. The fraction of sp³-hybridized carbons (Fsp3) is 0.500. The molecule has 0 bridgehead atoms. The molecule has 0 heterocycles. The van der Waals surface area contributed by atoms with Crippen molar-refractivity contribution in [1.82, 2.24) is 5.32 Å². The monoisotopic (exact) mass is 539 g/mol. The first-order valence-electron chi connectivity index (χ1n) is 9.25. The minimum Gasteiger partial charge on any atom is -0.462 e. The van der Waals surface area contributed by atoms with E-state index >= 15 is 0 Å². The van der Waals surface area contributed by atoms with Gasteiger partial charge in [-0.1, -0.05) is 20.8 Å². The fourth-order valence-corrected chi connectivity index (χ4v) is 3.54. The van der Waals surface area contributed by atoms with E-state index in [-0.39, 0.29) is 20.8 Å². The molecular weight excluding hydrogens is 511 g/mol. The van der Waals surface area contributed by atoms with Crippen LogP contribution in [0.25, 0.3) is 0 Å². The number of rotatable bonds is 9. The van der Waals surface area contributed by atoms with Crippen LogP contribution in [0.5, 0.6) is 0 Å². The lowest BCUT2D eigenvalue weighted by molar-refractivity contribution is -0.138. The SMILES string of the molecule is CCOC(=O)C(=CNCCO[Si](C)(C)C(C)(C)C)C(=O)c1cc(I)c(F)cc1F. The number of hydrogen-bond donors (Lipinski definition) is 1. The molecule has 29 heavy (non-hydrogen) atoms. The predicted octanol–water partition coefficient (Wildman–Crippen LogP) is 4.81. The summed E-state index contributed by atoms with van der Waals surface area (Å²) in [5.74, 6) is -3.57. The van der Waals surface area contributed by atoms with Crippen molar-refractivity contribution >= 4 is 42.7 Å². The van der Waals surface area contributed by atoms with Gasteiger partial charge in [-0.25, -0.2) is 13.6 Å². The molecule has 0 radical (unpaired) electrons. The molecule has 1 aromatic carbocycles. The molecule has 0 aromatic heterocycles. The predicted molar refractivity (Wildman–Crippen MR) is 119 cm³/mol. The van der Waals surface area contributed by atoms with E-state index < -0.39 is 37.3 Å². The van der Waals surface area contributed by atoms with Crippen LogP contribution in [0.4, 0.5) is 8.78 Å². The second-order valence-electron chi connectivity index (χ2n) is 7.92. The first-order valence-corrected chi connectivity index (χ1v) is 13.2. The van der Waals surface area contributed by atoms with Crippen LogP contribution in [0, 0.1) is 15.2 Å². The highest BCUT2D eigenvalue weighted by Crippen LogP contribution is 2.36. The van der Waals surface area contributed by atoms with E-state index in [0.29, 0.717) is 19.2 Å². The van der Waals surface area contributed by atoms with E-state index in [0.717, 1.165) is 6.07 Å². The minimum absolute atomic E-state index is 0.0569. The maximum atomic E-state index is 14.1. The van der Waals surface area contributed by atoms with Gasteiger partial charge in [-0.3, -0.25) is 4.79 Å².